The van der Waals surface area contributed by atoms with E-state index in [0.29, 0.717) is 5.95 Å². The Bertz CT molecular complexity index is 935. The highest BCUT2D eigenvalue weighted by Gasteiger charge is 2.11. The van der Waals surface area contributed by atoms with Crippen LogP contribution in [0.3, 0.4) is 0 Å². The molecule has 2 heterocycles. The van der Waals surface area contributed by atoms with Crippen LogP contribution in [0, 0.1) is 0 Å². The largest absolute Gasteiger partial charge is 0.453 e. The minimum atomic E-state index is -0.548. The van der Waals surface area contributed by atoms with Crippen LogP contribution in [0.1, 0.15) is 0 Å². The Morgan fingerprint density at radius 3 is 2.63 bits per heavy atom. The fourth-order valence-electron chi connectivity index (χ4n) is 3.04. The molecule has 27 heavy (non-hydrogen) atoms. The van der Waals surface area contributed by atoms with Crippen molar-refractivity contribution in [3.63, 3.8) is 0 Å². The minimum absolute atomic E-state index is 0.374. The number of anilines is 2. The number of rotatable bonds is 4. The molecule has 1 aromatic heterocycles. The lowest BCUT2D eigenvalue weighted by Crippen LogP contribution is -2.43. The first kappa shape index (κ1) is 17.7. The molecular formula is C19H21N5O2S. The van der Waals surface area contributed by atoms with E-state index in [1.807, 2.05) is 18.2 Å². The van der Waals surface area contributed by atoms with Crippen LogP contribution in [0.25, 0.3) is 11.0 Å². The molecule has 0 atom stereocenters. The summed E-state index contributed by atoms with van der Waals surface area (Å²) in [5.41, 5.74) is 2.92. The molecule has 0 bridgehead atoms. The van der Waals surface area contributed by atoms with Gasteiger partial charge in [-0.3, -0.25) is 5.32 Å². The van der Waals surface area contributed by atoms with Gasteiger partial charge < -0.3 is 19.9 Å². The van der Waals surface area contributed by atoms with Gasteiger partial charge in [0.15, 0.2) is 0 Å². The van der Waals surface area contributed by atoms with Gasteiger partial charge in [-0.2, -0.15) is 0 Å². The van der Waals surface area contributed by atoms with Gasteiger partial charge in [-0.05, 0) is 42.5 Å². The van der Waals surface area contributed by atoms with Crippen LogP contribution in [0.2, 0.25) is 0 Å². The summed E-state index contributed by atoms with van der Waals surface area (Å²) in [5, 5.41) is 5.92. The van der Waals surface area contributed by atoms with Crippen molar-refractivity contribution in [1.29, 1.82) is 0 Å². The summed E-state index contributed by atoms with van der Waals surface area (Å²) in [6, 6.07) is 14.7. The molecule has 1 fully saturated rings. The molecule has 0 spiro atoms. The molecule has 2 aromatic carbocycles. The van der Waals surface area contributed by atoms with E-state index in [2.05, 4.69) is 54.5 Å². The fraction of sp³-hybridized carbons (Fsp3) is 0.263. The standard InChI is InChI=1S/C19H21N5O2S/c1-26-19(25)23-18-21-16-7-6-15(12-17(16)22-18)27-14-4-2-13(3-5-14)24-10-8-20-9-11-24/h2-7,12,20H,8-11H2,1H3,(H2,21,22,23,25). The maximum atomic E-state index is 11.3. The first-order valence-electron chi connectivity index (χ1n) is 8.79. The molecule has 0 radical (unpaired) electrons. The average Bonchev–Trinajstić information content (AvgIpc) is 3.10. The third-order valence-corrected chi connectivity index (χ3v) is 5.41. The van der Waals surface area contributed by atoms with Gasteiger partial charge in [0.1, 0.15) is 0 Å². The van der Waals surface area contributed by atoms with Gasteiger partial charge in [-0.15, -0.1) is 0 Å². The van der Waals surface area contributed by atoms with E-state index >= 15 is 0 Å². The highest BCUT2D eigenvalue weighted by molar-refractivity contribution is 7.99. The van der Waals surface area contributed by atoms with Gasteiger partial charge >= 0.3 is 6.09 Å². The Hall–Kier alpha value is -2.71. The Labute approximate surface area is 161 Å². The Morgan fingerprint density at radius 2 is 1.89 bits per heavy atom. The molecule has 0 aliphatic carbocycles. The van der Waals surface area contributed by atoms with E-state index < -0.39 is 6.09 Å². The van der Waals surface area contributed by atoms with Crippen molar-refractivity contribution >= 4 is 40.5 Å². The lowest BCUT2D eigenvalue weighted by Gasteiger charge is -2.29. The molecule has 7 nitrogen and oxygen atoms in total. The highest BCUT2D eigenvalue weighted by Crippen LogP contribution is 2.31. The molecule has 0 saturated carbocycles. The number of H-pyrrole nitrogens is 1. The molecule has 1 aliphatic heterocycles. The predicted octanol–water partition coefficient (Wildman–Crippen LogP) is 3.30. The van der Waals surface area contributed by atoms with E-state index in [1.165, 1.54) is 17.7 Å². The van der Waals surface area contributed by atoms with Crippen LogP contribution in [0.5, 0.6) is 0 Å². The van der Waals surface area contributed by atoms with Crippen molar-refractivity contribution in [1.82, 2.24) is 15.3 Å². The molecular weight excluding hydrogens is 362 g/mol. The summed E-state index contributed by atoms with van der Waals surface area (Å²) < 4.78 is 4.59. The molecule has 3 aromatic rings. The number of amides is 1. The molecule has 4 rings (SSSR count). The van der Waals surface area contributed by atoms with Crippen molar-refractivity contribution < 1.29 is 9.53 Å². The second-order valence-electron chi connectivity index (χ2n) is 6.21. The maximum absolute atomic E-state index is 11.3. The second kappa shape index (κ2) is 7.89. The number of benzene rings is 2. The number of nitrogens with zero attached hydrogens (tertiary/aromatic N) is 2. The van der Waals surface area contributed by atoms with Crippen LogP contribution < -0.4 is 15.5 Å². The Balaban J connectivity index is 1.46. The molecule has 0 unspecified atom stereocenters. The quantitative estimate of drug-likeness (QED) is 0.641. The number of ether oxygens (including phenoxy) is 1. The molecule has 140 valence electrons. The molecule has 1 aliphatic rings. The summed E-state index contributed by atoms with van der Waals surface area (Å²) in [6.45, 7) is 4.16. The first-order chi connectivity index (χ1) is 13.2. The van der Waals surface area contributed by atoms with Crippen molar-refractivity contribution in [3.8, 4) is 0 Å². The zero-order valence-electron chi connectivity index (χ0n) is 15.0. The smallest absolute Gasteiger partial charge is 0.413 e. The summed E-state index contributed by atoms with van der Waals surface area (Å²) >= 11 is 1.69. The van der Waals surface area contributed by atoms with Crippen LogP contribution >= 0.6 is 11.8 Å². The molecule has 8 heteroatoms. The molecule has 3 N–H and O–H groups in total. The van der Waals surface area contributed by atoms with Gasteiger partial charge in [0.05, 0.1) is 18.1 Å². The zero-order chi connectivity index (χ0) is 18.6. The normalized spacial score (nSPS) is 14.3. The third-order valence-electron chi connectivity index (χ3n) is 4.41. The Kier molecular flexibility index (Phi) is 5.17. The number of hydrogen-bond acceptors (Lipinski definition) is 6. The van der Waals surface area contributed by atoms with Crippen molar-refractivity contribution in [2.75, 3.05) is 43.5 Å². The summed E-state index contributed by atoms with van der Waals surface area (Å²) in [4.78, 5) is 23.4. The number of hydrogen-bond donors (Lipinski definition) is 3. The summed E-state index contributed by atoms with van der Waals surface area (Å²) in [7, 11) is 1.32. The topological polar surface area (TPSA) is 82.3 Å². The number of aromatic nitrogens is 2. The second-order valence-corrected chi connectivity index (χ2v) is 7.36. The number of nitrogens with one attached hydrogen (secondary N) is 3. The minimum Gasteiger partial charge on any atom is -0.453 e. The van der Waals surface area contributed by atoms with E-state index in [-0.39, 0.29) is 0 Å². The van der Waals surface area contributed by atoms with Gasteiger partial charge in [-0.25, -0.2) is 9.78 Å². The van der Waals surface area contributed by atoms with Crippen molar-refractivity contribution in [2.24, 2.45) is 0 Å². The van der Waals surface area contributed by atoms with Gasteiger partial charge in [-0.1, -0.05) is 11.8 Å². The summed E-state index contributed by atoms with van der Waals surface area (Å²) in [5.74, 6) is 0.374. The van der Waals surface area contributed by atoms with E-state index in [4.69, 9.17) is 0 Å². The van der Waals surface area contributed by atoms with Crippen LogP contribution in [0.4, 0.5) is 16.4 Å². The average molecular weight is 383 g/mol. The monoisotopic (exact) mass is 383 g/mol. The predicted molar refractivity (Wildman–Crippen MR) is 108 cm³/mol. The van der Waals surface area contributed by atoms with Crippen molar-refractivity contribution in [3.05, 3.63) is 42.5 Å². The molecule has 1 saturated heterocycles. The number of carbonyl (C=O) groups excluding carboxylic acids is 1. The maximum Gasteiger partial charge on any atom is 0.413 e. The SMILES string of the molecule is COC(=O)Nc1nc2ccc(Sc3ccc(N4CCNCC4)cc3)cc2[nH]1. The number of carbonyl (C=O) groups is 1. The summed E-state index contributed by atoms with van der Waals surface area (Å²) in [6.07, 6.45) is -0.548. The van der Waals surface area contributed by atoms with Gasteiger partial charge in [0.25, 0.3) is 0 Å². The lowest BCUT2D eigenvalue weighted by molar-refractivity contribution is 0.186. The Morgan fingerprint density at radius 1 is 1.15 bits per heavy atom. The zero-order valence-corrected chi connectivity index (χ0v) is 15.8. The van der Waals surface area contributed by atoms with Crippen LogP contribution in [0.15, 0.2) is 52.3 Å². The number of aromatic amines is 1. The van der Waals surface area contributed by atoms with Crippen LogP contribution in [-0.2, 0) is 4.74 Å². The van der Waals surface area contributed by atoms with Gasteiger partial charge in [0.2, 0.25) is 5.95 Å². The number of piperazine rings is 1. The highest BCUT2D eigenvalue weighted by atomic mass is 32.2. The molecule has 1 amide bonds. The van der Waals surface area contributed by atoms with E-state index in [0.717, 1.165) is 42.1 Å². The van der Waals surface area contributed by atoms with E-state index in [9.17, 15) is 4.79 Å². The van der Waals surface area contributed by atoms with Crippen LogP contribution in [-0.4, -0.2) is 49.4 Å². The first-order valence-corrected chi connectivity index (χ1v) is 9.61. The number of fused-ring (bicyclic) bond motifs is 1. The third kappa shape index (κ3) is 4.17. The number of methoxy groups -OCH3 is 1. The van der Waals surface area contributed by atoms with Gasteiger partial charge in [0, 0.05) is 41.7 Å². The van der Waals surface area contributed by atoms with Crippen molar-refractivity contribution in [2.45, 2.75) is 9.79 Å². The lowest BCUT2D eigenvalue weighted by atomic mass is 10.2. The fourth-order valence-corrected chi connectivity index (χ4v) is 3.90. The number of imidazole rings is 1. The van der Waals surface area contributed by atoms with E-state index in [1.54, 1.807) is 11.8 Å².